The smallest absolute Gasteiger partial charge is 0.328 e. The minimum Gasteiger partial charge on any atom is -0.480 e. The van der Waals surface area contributed by atoms with Gasteiger partial charge in [-0.3, -0.25) is 0 Å². The molecule has 0 spiro atoms. The molecule has 0 saturated carbocycles. The van der Waals surface area contributed by atoms with E-state index >= 15 is 0 Å². The van der Waals surface area contributed by atoms with Crippen molar-refractivity contribution in [2.24, 2.45) is 0 Å². The third-order valence-electron chi connectivity index (χ3n) is 2.54. The van der Waals surface area contributed by atoms with Crippen molar-refractivity contribution in [2.45, 2.75) is 25.5 Å². The van der Waals surface area contributed by atoms with Crippen LogP contribution in [0.2, 0.25) is 0 Å². The fourth-order valence-corrected chi connectivity index (χ4v) is 1.56. The molecule has 1 aliphatic rings. The number of rotatable bonds is 3. The molecule has 0 radical (unpaired) electrons. The van der Waals surface area contributed by atoms with Crippen molar-refractivity contribution in [2.75, 3.05) is 26.3 Å². The molecule has 0 aromatic heterocycles. The van der Waals surface area contributed by atoms with Crippen LogP contribution in [-0.2, 0) is 9.53 Å². The van der Waals surface area contributed by atoms with Crippen LogP contribution in [-0.4, -0.2) is 65.6 Å². The normalized spacial score (nSPS) is 20.2. The maximum Gasteiger partial charge on any atom is 0.328 e. The number of amides is 2. The summed E-state index contributed by atoms with van der Waals surface area (Å²) in [5.74, 6) is -1.25. The molecule has 1 rings (SSSR count). The fraction of sp³-hybridized carbons (Fsp3) is 0.800. The Labute approximate surface area is 99.4 Å². The SMILES string of the molecule is C[C@@H](O)[C@H](NC(=O)N1CCCOCC1)C(=O)O. The predicted octanol–water partition coefficient (Wildman–Crippen LogP) is -0.748. The van der Waals surface area contributed by atoms with Crippen molar-refractivity contribution in [1.82, 2.24) is 10.2 Å². The van der Waals surface area contributed by atoms with Crippen LogP contribution < -0.4 is 5.32 Å². The van der Waals surface area contributed by atoms with Gasteiger partial charge in [0.2, 0.25) is 0 Å². The van der Waals surface area contributed by atoms with Gasteiger partial charge in [0.05, 0.1) is 12.7 Å². The van der Waals surface area contributed by atoms with Gasteiger partial charge in [0.1, 0.15) is 0 Å². The second-order valence-corrected chi connectivity index (χ2v) is 3.96. The highest BCUT2D eigenvalue weighted by Gasteiger charge is 2.27. The number of carbonyl (C=O) groups excluding carboxylic acids is 1. The zero-order valence-electron chi connectivity index (χ0n) is 9.76. The molecule has 0 aromatic rings. The average Bonchev–Trinajstić information content (AvgIpc) is 2.52. The first kappa shape index (κ1) is 13.7. The van der Waals surface area contributed by atoms with Crippen molar-refractivity contribution in [3.05, 3.63) is 0 Å². The maximum atomic E-state index is 11.8. The summed E-state index contributed by atoms with van der Waals surface area (Å²) in [6.07, 6.45) is -0.417. The van der Waals surface area contributed by atoms with Gasteiger partial charge < -0.3 is 25.2 Å². The highest BCUT2D eigenvalue weighted by molar-refractivity contribution is 5.83. The first-order chi connectivity index (χ1) is 8.02. The zero-order chi connectivity index (χ0) is 12.8. The number of hydrogen-bond donors (Lipinski definition) is 3. The van der Waals surface area contributed by atoms with Crippen molar-refractivity contribution in [3.8, 4) is 0 Å². The highest BCUT2D eigenvalue weighted by atomic mass is 16.5. The summed E-state index contributed by atoms with van der Waals surface area (Å²) >= 11 is 0. The van der Waals surface area contributed by atoms with Gasteiger partial charge in [-0.25, -0.2) is 9.59 Å². The van der Waals surface area contributed by atoms with Crippen molar-refractivity contribution in [1.29, 1.82) is 0 Å². The third kappa shape index (κ3) is 4.20. The Hall–Kier alpha value is -1.34. The molecule has 1 aliphatic heterocycles. The van der Waals surface area contributed by atoms with Crippen LogP contribution in [0.5, 0.6) is 0 Å². The summed E-state index contributed by atoms with van der Waals surface area (Å²) in [5.41, 5.74) is 0. The molecular formula is C10H18N2O5. The monoisotopic (exact) mass is 246 g/mol. The minimum absolute atomic E-state index is 0.429. The van der Waals surface area contributed by atoms with Gasteiger partial charge in [-0.1, -0.05) is 0 Å². The molecule has 1 saturated heterocycles. The first-order valence-electron chi connectivity index (χ1n) is 5.56. The quantitative estimate of drug-likeness (QED) is 0.608. The molecular weight excluding hydrogens is 228 g/mol. The van der Waals surface area contributed by atoms with E-state index in [1.54, 1.807) is 0 Å². The van der Waals surface area contributed by atoms with E-state index in [-0.39, 0.29) is 0 Å². The molecule has 1 heterocycles. The van der Waals surface area contributed by atoms with Gasteiger partial charge in [0.25, 0.3) is 0 Å². The van der Waals surface area contributed by atoms with Crippen LogP contribution in [0, 0.1) is 0 Å². The van der Waals surface area contributed by atoms with Crippen LogP contribution in [0.25, 0.3) is 0 Å². The van der Waals surface area contributed by atoms with E-state index in [0.717, 1.165) is 6.42 Å². The molecule has 98 valence electrons. The number of aliphatic hydroxyl groups excluding tert-OH is 1. The van der Waals surface area contributed by atoms with Crippen molar-refractivity contribution in [3.63, 3.8) is 0 Å². The Kier molecular flexibility index (Phi) is 5.17. The number of aliphatic carboxylic acids is 1. The molecule has 0 aliphatic carbocycles. The molecule has 0 aromatic carbocycles. The van der Waals surface area contributed by atoms with Crippen LogP contribution >= 0.6 is 0 Å². The van der Waals surface area contributed by atoms with Crippen LogP contribution in [0.15, 0.2) is 0 Å². The third-order valence-corrected chi connectivity index (χ3v) is 2.54. The fourth-order valence-electron chi connectivity index (χ4n) is 1.56. The van der Waals surface area contributed by atoms with Crippen LogP contribution in [0.1, 0.15) is 13.3 Å². The number of ether oxygens (including phenoxy) is 1. The number of nitrogens with one attached hydrogen (secondary N) is 1. The molecule has 7 heteroatoms. The lowest BCUT2D eigenvalue weighted by molar-refractivity contribution is -0.141. The molecule has 17 heavy (non-hydrogen) atoms. The van der Waals surface area contributed by atoms with E-state index in [1.165, 1.54) is 11.8 Å². The van der Waals surface area contributed by atoms with Gasteiger partial charge in [-0.15, -0.1) is 0 Å². The summed E-state index contributed by atoms with van der Waals surface area (Å²) in [7, 11) is 0. The first-order valence-corrected chi connectivity index (χ1v) is 5.56. The summed E-state index contributed by atoms with van der Waals surface area (Å²) in [4.78, 5) is 24.1. The average molecular weight is 246 g/mol. The molecule has 0 bridgehead atoms. The Morgan fingerprint density at radius 2 is 2.06 bits per heavy atom. The lowest BCUT2D eigenvalue weighted by Crippen LogP contribution is -2.52. The lowest BCUT2D eigenvalue weighted by atomic mass is 10.2. The number of carbonyl (C=O) groups is 2. The number of aliphatic hydroxyl groups is 1. The molecule has 1 fully saturated rings. The van der Waals surface area contributed by atoms with Gasteiger partial charge in [0, 0.05) is 19.7 Å². The van der Waals surface area contributed by atoms with Gasteiger partial charge in [-0.05, 0) is 13.3 Å². The number of urea groups is 1. The molecule has 7 nitrogen and oxygen atoms in total. The van der Waals surface area contributed by atoms with Crippen molar-refractivity contribution < 1.29 is 24.5 Å². The van der Waals surface area contributed by atoms with E-state index in [9.17, 15) is 14.7 Å². The lowest BCUT2D eigenvalue weighted by Gasteiger charge is -2.24. The maximum absolute atomic E-state index is 11.8. The van der Waals surface area contributed by atoms with E-state index < -0.39 is 24.1 Å². The number of hydrogen-bond acceptors (Lipinski definition) is 4. The van der Waals surface area contributed by atoms with E-state index in [0.29, 0.717) is 26.3 Å². The number of carboxylic acids is 1. The Bertz CT molecular complexity index is 274. The van der Waals surface area contributed by atoms with Crippen LogP contribution in [0.4, 0.5) is 4.79 Å². The zero-order valence-corrected chi connectivity index (χ0v) is 9.76. The second kappa shape index (κ2) is 6.41. The molecule has 2 amide bonds. The molecule has 2 atom stereocenters. The number of nitrogens with zero attached hydrogens (tertiary/aromatic N) is 1. The standard InChI is InChI=1S/C10H18N2O5/c1-7(13)8(9(14)15)11-10(16)12-3-2-5-17-6-4-12/h7-8,13H,2-6H2,1H3,(H,11,16)(H,14,15)/t7-,8+/m1/s1. The Balaban J connectivity index is 2.53. The highest BCUT2D eigenvalue weighted by Crippen LogP contribution is 2.01. The van der Waals surface area contributed by atoms with Crippen molar-refractivity contribution >= 4 is 12.0 Å². The Morgan fingerprint density at radius 1 is 1.35 bits per heavy atom. The molecule has 0 unspecified atom stereocenters. The summed E-state index contributed by atoms with van der Waals surface area (Å²) in [6.45, 7) is 3.32. The summed E-state index contributed by atoms with van der Waals surface area (Å²) in [6, 6.07) is -1.77. The topological polar surface area (TPSA) is 99.1 Å². The second-order valence-electron chi connectivity index (χ2n) is 3.96. The minimum atomic E-state index is -1.29. The van der Waals surface area contributed by atoms with E-state index in [4.69, 9.17) is 9.84 Å². The molecule has 3 N–H and O–H groups in total. The van der Waals surface area contributed by atoms with Gasteiger partial charge >= 0.3 is 12.0 Å². The van der Waals surface area contributed by atoms with E-state index in [2.05, 4.69) is 5.32 Å². The van der Waals surface area contributed by atoms with Gasteiger partial charge in [-0.2, -0.15) is 0 Å². The van der Waals surface area contributed by atoms with Crippen LogP contribution in [0.3, 0.4) is 0 Å². The summed E-state index contributed by atoms with van der Waals surface area (Å²) in [5, 5.41) is 20.4. The number of carboxylic acid groups (broad SMARTS) is 1. The van der Waals surface area contributed by atoms with Gasteiger partial charge in [0.15, 0.2) is 6.04 Å². The van der Waals surface area contributed by atoms with E-state index in [1.807, 2.05) is 0 Å². The summed E-state index contributed by atoms with van der Waals surface area (Å²) < 4.78 is 5.19. The largest absolute Gasteiger partial charge is 0.480 e. The predicted molar refractivity (Wildman–Crippen MR) is 58.6 cm³/mol. The Morgan fingerprint density at radius 3 is 2.65 bits per heavy atom.